The summed E-state index contributed by atoms with van der Waals surface area (Å²) in [5, 5.41) is 2.56. The van der Waals surface area contributed by atoms with Crippen molar-refractivity contribution < 1.29 is 9.18 Å². The lowest BCUT2D eigenvalue weighted by Crippen LogP contribution is -2.15. The number of aryl methyl sites for hydroxylation is 1. The summed E-state index contributed by atoms with van der Waals surface area (Å²) in [5.74, 6) is -0.594. The van der Waals surface area contributed by atoms with Crippen LogP contribution in [0.15, 0.2) is 36.5 Å². The van der Waals surface area contributed by atoms with Gasteiger partial charge in [-0.1, -0.05) is 6.07 Å². The molecule has 5 heteroatoms. The van der Waals surface area contributed by atoms with E-state index in [1.165, 1.54) is 12.1 Å². The Balaban J connectivity index is 2.21. The van der Waals surface area contributed by atoms with Crippen LogP contribution < -0.4 is 11.1 Å². The van der Waals surface area contributed by atoms with Crippen molar-refractivity contribution in [2.75, 3.05) is 11.1 Å². The molecule has 0 fully saturated rings. The molecule has 0 atom stereocenters. The summed E-state index contributed by atoms with van der Waals surface area (Å²) in [6.07, 6.45) is 1.63. The number of hydrogen-bond acceptors (Lipinski definition) is 3. The lowest BCUT2D eigenvalue weighted by molar-refractivity contribution is 0.102. The van der Waals surface area contributed by atoms with Gasteiger partial charge < -0.3 is 11.1 Å². The van der Waals surface area contributed by atoms with E-state index >= 15 is 0 Å². The van der Waals surface area contributed by atoms with Crippen LogP contribution in [0, 0.1) is 12.7 Å². The number of hydrogen-bond donors (Lipinski definition) is 2. The highest BCUT2D eigenvalue weighted by Gasteiger charge is 2.11. The van der Waals surface area contributed by atoms with Crippen LogP contribution >= 0.6 is 0 Å². The van der Waals surface area contributed by atoms with Gasteiger partial charge in [-0.2, -0.15) is 0 Å². The molecule has 0 aliphatic heterocycles. The van der Waals surface area contributed by atoms with Crippen LogP contribution in [0.2, 0.25) is 0 Å². The molecule has 0 radical (unpaired) electrons. The first-order valence-electron chi connectivity index (χ1n) is 5.35. The van der Waals surface area contributed by atoms with Gasteiger partial charge in [-0.05, 0) is 36.8 Å². The number of carbonyl (C=O) groups is 1. The largest absolute Gasteiger partial charge is 0.398 e. The second-order valence-electron chi connectivity index (χ2n) is 3.91. The van der Waals surface area contributed by atoms with Gasteiger partial charge in [0.05, 0.1) is 5.56 Å². The maximum Gasteiger partial charge on any atom is 0.259 e. The van der Waals surface area contributed by atoms with E-state index in [2.05, 4.69) is 10.3 Å². The molecule has 0 spiro atoms. The average Bonchev–Trinajstić information content (AvgIpc) is 2.35. The van der Waals surface area contributed by atoms with E-state index in [-0.39, 0.29) is 11.3 Å². The fourth-order valence-corrected chi connectivity index (χ4v) is 1.45. The molecule has 0 saturated heterocycles. The van der Waals surface area contributed by atoms with Crippen LogP contribution in [-0.2, 0) is 0 Å². The topological polar surface area (TPSA) is 68.0 Å². The Morgan fingerprint density at radius 2 is 2.11 bits per heavy atom. The summed E-state index contributed by atoms with van der Waals surface area (Å²) >= 11 is 0. The molecule has 92 valence electrons. The predicted molar refractivity (Wildman–Crippen MR) is 67.7 cm³/mol. The van der Waals surface area contributed by atoms with E-state index in [0.717, 1.165) is 11.6 Å². The normalized spacial score (nSPS) is 10.1. The molecule has 4 nitrogen and oxygen atoms in total. The summed E-state index contributed by atoms with van der Waals surface area (Å²) < 4.78 is 13.0. The van der Waals surface area contributed by atoms with E-state index in [1.54, 1.807) is 12.3 Å². The van der Waals surface area contributed by atoms with Crippen LogP contribution in [0.1, 0.15) is 15.9 Å². The van der Waals surface area contributed by atoms with Crippen molar-refractivity contribution in [2.45, 2.75) is 6.92 Å². The number of amides is 1. The second-order valence-corrected chi connectivity index (χ2v) is 3.91. The Morgan fingerprint density at radius 1 is 1.33 bits per heavy atom. The highest BCUT2D eigenvalue weighted by Crippen LogP contribution is 2.15. The van der Waals surface area contributed by atoms with Gasteiger partial charge in [0.15, 0.2) is 0 Å². The first kappa shape index (κ1) is 12.0. The van der Waals surface area contributed by atoms with Crippen molar-refractivity contribution in [3.63, 3.8) is 0 Å². The van der Waals surface area contributed by atoms with Gasteiger partial charge >= 0.3 is 0 Å². The number of carbonyl (C=O) groups excluding carboxylic acids is 1. The zero-order valence-corrected chi connectivity index (χ0v) is 9.77. The number of anilines is 2. The molecule has 2 aromatic rings. The van der Waals surface area contributed by atoms with Crippen molar-refractivity contribution in [1.82, 2.24) is 4.98 Å². The lowest BCUT2D eigenvalue weighted by atomic mass is 10.1. The van der Waals surface area contributed by atoms with E-state index in [1.807, 2.05) is 13.0 Å². The van der Waals surface area contributed by atoms with Crippen molar-refractivity contribution >= 4 is 17.4 Å². The quantitative estimate of drug-likeness (QED) is 0.798. The molecule has 0 unspecified atom stereocenters. The lowest BCUT2D eigenvalue weighted by Gasteiger charge is -2.07. The van der Waals surface area contributed by atoms with Crippen LogP contribution in [0.5, 0.6) is 0 Å². The molecular weight excluding hydrogens is 233 g/mol. The van der Waals surface area contributed by atoms with Gasteiger partial charge in [0.1, 0.15) is 11.6 Å². The number of halogens is 1. The average molecular weight is 245 g/mol. The third-order valence-corrected chi connectivity index (χ3v) is 2.41. The molecule has 1 amide bonds. The van der Waals surface area contributed by atoms with Crippen LogP contribution in [0.25, 0.3) is 0 Å². The number of nitrogens with one attached hydrogen (secondary N) is 1. The molecule has 0 aliphatic rings. The summed E-state index contributed by atoms with van der Waals surface area (Å²) in [5.41, 5.74) is 6.92. The van der Waals surface area contributed by atoms with Gasteiger partial charge in [0.2, 0.25) is 0 Å². The highest BCUT2D eigenvalue weighted by atomic mass is 19.1. The SMILES string of the molecule is Cc1ccc(NC(=O)c2cc(F)ccc2N)nc1. The summed E-state index contributed by atoms with van der Waals surface area (Å²) in [6.45, 7) is 1.89. The Morgan fingerprint density at radius 3 is 2.78 bits per heavy atom. The Labute approximate surface area is 104 Å². The molecular formula is C13H12FN3O. The Kier molecular flexibility index (Phi) is 3.23. The first-order chi connectivity index (χ1) is 8.56. The minimum Gasteiger partial charge on any atom is -0.398 e. The molecule has 1 heterocycles. The standard InChI is InChI=1S/C13H12FN3O/c1-8-2-5-12(16-7-8)17-13(18)10-6-9(14)3-4-11(10)15/h2-7H,15H2,1H3,(H,16,17,18). The van der Waals surface area contributed by atoms with Crippen molar-refractivity contribution in [3.8, 4) is 0 Å². The highest BCUT2D eigenvalue weighted by molar-refractivity contribution is 6.07. The van der Waals surface area contributed by atoms with Crippen molar-refractivity contribution in [3.05, 3.63) is 53.5 Å². The smallest absolute Gasteiger partial charge is 0.259 e. The Bertz CT molecular complexity index is 581. The molecule has 0 saturated carbocycles. The number of nitrogen functional groups attached to an aromatic ring is 1. The van der Waals surface area contributed by atoms with E-state index in [4.69, 9.17) is 5.73 Å². The van der Waals surface area contributed by atoms with Gasteiger partial charge in [-0.25, -0.2) is 9.37 Å². The van der Waals surface area contributed by atoms with Gasteiger partial charge in [-0.15, -0.1) is 0 Å². The summed E-state index contributed by atoms with van der Waals surface area (Å²) in [7, 11) is 0. The molecule has 18 heavy (non-hydrogen) atoms. The molecule has 1 aromatic heterocycles. The van der Waals surface area contributed by atoms with E-state index < -0.39 is 11.7 Å². The molecule has 3 N–H and O–H groups in total. The number of aromatic nitrogens is 1. The van der Waals surface area contributed by atoms with E-state index in [9.17, 15) is 9.18 Å². The number of rotatable bonds is 2. The number of benzene rings is 1. The molecule has 1 aromatic carbocycles. The Hall–Kier alpha value is -2.43. The minimum atomic E-state index is -0.508. The molecule has 2 rings (SSSR count). The van der Waals surface area contributed by atoms with Crippen LogP contribution in [0.4, 0.5) is 15.9 Å². The van der Waals surface area contributed by atoms with Gasteiger partial charge in [-0.3, -0.25) is 4.79 Å². The summed E-state index contributed by atoms with van der Waals surface area (Å²) in [4.78, 5) is 15.9. The van der Waals surface area contributed by atoms with Gasteiger partial charge in [0, 0.05) is 11.9 Å². The number of nitrogens with zero attached hydrogens (tertiary/aromatic N) is 1. The predicted octanol–water partition coefficient (Wildman–Crippen LogP) is 2.36. The van der Waals surface area contributed by atoms with Gasteiger partial charge in [0.25, 0.3) is 5.91 Å². The molecule has 0 aliphatic carbocycles. The number of pyridine rings is 1. The maximum absolute atomic E-state index is 13.0. The van der Waals surface area contributed by atoms with Crippen molar-refractivity contribution in [2.24, 2.45) is 0 Å². The van der Waals surface area contributed by atoms with Crippen LogP contribution in [-0.4, -0.2) is 10.9 Å². The van der Waals surface area contributed by atoms with Crippen molar-refractivity contribution in [1.29, 1.82) is 0 Å². The third-order valence-electron chi connectivity index (χ3n) is 2.41. The summed E-state index contributed by atoms with van der Waals surface area (Å²) in [6, 6.07) is 7.14. The number of nitrogens with two attached hydrogens (primary N) is 1. The first-order valence-corrected chi connectivity index (χ1v) is 5.35. The second kappa shape index (κ2) is 4.83. The van der Waals surface area contributed by atoms with Crippen LogP contribution in [0.3, 0.4) is 0 Å². The minimum absolute atomic E-state index is 0.0948. The maximum atomic E-state index is 13.0. The zero-order chi connectivity index (χ0) is 13.1. The zero-order valence-electron chi connectivity index (χ0n) is 9.77. The van der Waals surface area contributed by atoms with E-state index in [0.29, 0.717) is 5.82 Å². The molecule has 0 bridgehead atoms. The third kappa shape index (κ3) is 2.63. The fourth-order valence-electron chi connectivity index (χ4n) is 1.45. The fraction of sp³-hybridized carbons (Fsp3) is 0.0769. The monoisotopic (exact) mass is 245 g/mol.